The molecule has 2 aromatic carbocycles. The molecular weight excluding hydrogens is 312 g/mol. The first-order valence-corrected chi connectivity index (χ1v) is 8.48. The van der Waals surface area contributed by atoms with Gasteiger partial charge in [0, 0.05) is 51.3 Å². The van der Waals surface area contributed by atoms with Gasteiger partial charge in [0.05, 0.1) is 24.5 Å². The quantitative estimate of drug-likeness (QED) is 0.857. The summed E-state index contributed by atoms with van der Waals surface area (Å²) in [6, 6.07) is 16.8. The number of hydrogen-bond acceptors (Lipinski definition) is 5. The Kier molecular flexibility index (Phi) is 5.11. The van der Waals surface area contributed by atoms with Crippen LogP contribution in [0.25, 0.3) is 0 Å². The van der Waals surface area contributed by atoms with Crippen molar-refractivity contribution in [1.29, 1.82) is 5.26 Å². The second-order valence-corrected chi connectivity index (χ2v) is 6.38. The molecule has 3 rings (SSSR count). The van der Waals surface area contributed by atoms with Crippen molar-refractivity contribution in [2.45, 2.75) is 0 Å². The van der Waals surface area contributed by atoms with E-state index >= 15 is 0 Å². The molecule has 0 aliphatic carbocycles. The van der Waals surface area contributed by atoms with Gasteiger partial charge in [-0.15, -0.1) is 0 Å². The Balaban J connectivity index is 1.81. The van der Waals surface area contributed by atoms with Crippen molar-refractivity contribution < 1.29 is 4.74 Å². The summed E-state index contributed by atoms with van der Waals surface area (Å²) in [7, 11) is 5.92. The first-order chi connectivity index (χ1) is 12.1. The number of benzene rings is 2. The van der Waals surface area contributed by atoms with E-state index in [4.69, 9.17) is 4.74 Å². The first-order valence-electron chi connectivity index (χ1n) is 8.48. The number of rotatable bonds is 4. The largest absolute Gasteiger partial charge is 0.378 e. The Morgan fingerprint density at radius 3 is 2.20 bits per heavy atom. The average molecular weight is 336 g/mol. The fourth-order valence-electron chi connectivity index (χ4n) is 3.07. The molecule has 0 N–H and O–H groups in total. The highest BCUT2D eigenvalue weighted by Crippen LogP contribution is 2.30. The van der Waals surface area contributed by atoms with E-state index in [0.29, 0.717) is 5.56 Å². The van der Waals surface area contributed by atoms with Gasteiger partial charge in [0.15, 0.2) is 0 Å². The molecule has 25 heavy (non-hydrogen) atoms. The number of nitrogens with zero attached hydrogens (tertiary/aromatic N) is 4. The second-order valence-electron chi connectivity index (χ2n) is 6.38. The van der Waals surface area contributed by atoms with Crippen molar-refractivity contribution in [3.63, 3.8) is 0 Å². The van der Waals surface area contributed by atoms with Crippen LogP contribution in [0.5, 0.6) is 0 Å². The molecule has 0 unspecified atom stereocenters. The van der Waals surface area contributed by atoms with Crippen molar-refractivity contribution in [1.82, 2.24) is 0 Å². The van der Waals surface area contributed by atoms with Gasteiger partial charge in [-0.05, 0) is 42.5 Å². The predicted molar refractivity (Wildman–Crippen MR) is 103 cm³/mol. The highest BCUT2D eigenvalue weighted by atomic mass is 16.5. The van der Waals surface area contributed by atoms with Crippen molar-refractivity contribution >= 4 is 22.7 Å². The fraction of sp³-hybridized carbons (Fsp3) is 0.350. The third kappa shape index (κ3) is 3.70. The van der Waals surface area contributed by atoms with Gasteiger partial charge in [-0.2, -0.15) is 5.26 Å². The molecule has 0 aromatic heterocycles. The molecule has 2 aromatic rings. The Bertz CT molecular complexity index is 758. The van der Waals surface area contributed by atoms with E-state index in [-0.39, 0.29) is 0 Å². The van der Waals surface area contributed by atoms with Crippen LogP contribution in [0.15, 0.2) is 42.5 Å². The highest BCUT2D eigenvalue weighted by molar-refractivity contribution is 5.71. The van der Waals surface area contributed by atoms with Gasteiger partial charge < -0.3 is 19.4 Å². The van der Waals surface area contributed by atoms with Crippen LogP contribution in [-0.2, 0) is 4.74 Å². The van der Waals surface area contributed by atoms with E-state index in [1.54, 1.807) is 0 Å². The maximum Gasteiger partial charge on any atom is 0.101 e. The molecule has 1 aliphatic heterocycles. The van der Waals surface area contributed by atoms with Crippen molar-refractivity contribution in [2.75, 3.05) is 62.1 Å². The summed E-state index contributed by atoms with van der Waals surface area (Å²) in [6.07, 6.45) is 0. The minimum atomic E-state index is 0.680. The van der Waals surface area contributed by atoms with Gasteiger partial charge in [-0.1, -0.05) is 0 Å². The van der Waals surface area contributed by atoms with E-state index in [9.17, 15) is 5.26 Å². The molecule has 0 spiro atoms. The first kappa shape index (κ1) is 17.1. The standard InChI is InChI=1S/C20H24N4O/c1-22(2)20-9-8-19(14-16(20)15-21)23(3)17-4-6-18(7-5-17)24-10-12-25-13-11-24/h4-9,14H,10-13H2,1-3H3. The van der Waals surface area contributed by atoms with Gasteiger partial charge in [0.2, 0.25) is 0 Å². The summed E-state index contributed by atoms with van der Waals surface area (Å²) in [6.45, 7) is 3.45. The monoisotopic (exact) mass is 336 g/mol. The Labute approximate surface area is 149 Å². The zero-order valence-corrected chi connectivity index (χ0v) is 15.1. The van der Waals surface area contributed by atoms with Crippen LogP contribution < -0.4 is 14.7 Å². The number of hydrogen-bond donors (Lipinski definition) is 0. The maximum absolute atomic E-state index is 9.41. The van der Waals surface area contributed by atoms with E-state index in [2.05, 4.69) is 40.1 Å². The summed E-state index contributed by atoms with van der Waals surface area (Å²) in [5.74, 6) is 0. The van der Waals surface area contributed by atoms with E-state index in [1.807, 2.05) is 44.2 Å². The van der Waals surface area contributed by atoms with Gasteiger partial charge in [0.1, 0.15) is 6.07 Å². The minimum absolute atomic E-state index is 0.680. The Morgan fingerprint density at radius 2 is 1.60 bits per heavy atom. The molecule has 1 heterocycles. The van der Waals surface area contributed by atoms with Crippen LogP contribution in [-0.4, -0.2) is 47.4 Å². The molecule has 0 radical (unpaired) electrons. The van der Waals surface area contributed by atoms with Crippen LogP contribution >= 0.6 is 0 Å². The normalized spacial score (nSPS) is 14.1. The zero-order chi connectivity index (χ0) is 17.8. The molecule has 5 heteroatoms. The molecule has 0 saturated carbocycles. The molecule has 130 valence electrons. The minimum Gasteiger partial charge on any atom is -0.378 e. The third-order valence-electron chi connectivity index (χ3n) is 4.58. The van der Waals surface area contributed by atoms with Crippen LogP contribution in [0, 0.1) is 11.3 Å². The molecule has 0 amide bonds. The van der Waals surface area contributed by atoms with E-state index in [1.165, 1.54) is 5.69 Å². The smallest absolute Gasteiger partial charge is 0.101 e. The molecule has 1 saturated heterocycles. The topological polar surface area (TPSA) is 42.7 Å². The average Bonchev–Trinajstić information content (AvgIpc) is 2.67. The summed E-state index contributed by atoms with van der Waals surface area (Å²) < 4.78 is 5.41. The van der Waals surface area contributed by atoms with E-state index in [0.717, 1.165) is 43.4 Å². The van der Waals surface area contributed by atoms with Crippen molar-refractivity contribution in [3.05, 3.63) is 48.0 Å². The number of anilines is 4. The molecular formula is C20H24N4O. The number of morpholine rings is 1. The molecule has 1 fully saturated rings. The fourth-order valence-corrected chi connectivity index (χ4v) is 3.07. The Hall–Kier alpha value is -2.71. The summed E-state index contributed by atoms with van der Waals surface area (Å²) >= 11 is 0. The molecule has 0 bridgehead atoms. The van der Waals surface area contributed by atoms with Crippen LogP contribution in [0.2, 0.25) is 0 Å². The van der Waals surface area contributed by atoms with Crippen molar-refractivity contribution in [2.24, 2.45) is 0 Å². The lowest BCUT2D eigenvalue weighted by atomic mass is 10.1. The lowest BCUT2D eigenvalue weighted by Crippen LogP contribution is -2.36. The summed E-state index contributed by atoms with van der Waals surface area (Å²) in [5.41, 5.74) is 4.93. The van der Waals surface area contributed by atoms with Crippen LogP contribution in [0.4, 0.5) is 22.7 Å². The lowest BCUT2D eigenvalue weighted by Gasteiger charge is -2.29. The number of nitriles is 1. The van der Waals surface area contributed by atoms with Gasteiger partial charge in [0.25, 0.3) is 0 Å². The second kappa shape index (κ2) is 7.45. The summed E-state index contributed by atoms with van der Waals surface area (Å²) in [5, 5.41) is 9.41. The van der Waals surface area contributed by atoms with E-state index < -0.39 is 0 Å². The molecule has 5 nitrogen and oxygen atoms in total. The SMILES string of the molecule is CN(C)c1ccc(N(C)c2ccc(N3CCOCC3)cc2)cc1C#N. The van der Waals surface area contributed by atoms with Crippen molar-refractivity contribution in [3.8, 4) is 6.07 Å². The van der Waals surface area contributed by atoms with Crippen LogP contribution in [0.3, 0.4) is 0 Å². The number of ether oxygens (including phenoxy) is 1. The van der Waals surface area contributed by atoms with Gasteiger partial charge >= 0.3 is 0 Å². The highest BCUT2D eigenvalue weighted by Gasteiger charge is 2.13. The lowest BCUT2D eigenvalue weighted by molar-refractivity contribution is 0.122. The zero-order valence-electron chi connectivity index (χ0n) is 15.1. The Morgan fingerprint density at radius 1 is 0.960 bits per heavy atom. The van der Waals surface area contributed by atoms with Crippen LogP contribution in [0.1, 0.15) is 5.56 Å². The molecule has 0 atom stereocenters. The van der Waals surface area contributed by atoms with Gasteiger partial charge in [-0.25, -0.2) is 0 Å². The third-order valence-corrected chi connectivity index (χ3v) is 4.58. The summed E-state index contributed by atoms with van der Waals surface area (Å²) in [4.78, 5) is 6.40. The van der Waals surface area contributed by atoms with Gasteiger partial charge in [-0.3, -0.25) is 0 Å². The predicted octanol–water partition coefficient (Wildman–Crippen LogP) is 3.23. The maximum atomic E-state index is 9.41. The molecule has 1 aliphatic rings.